The molecule has 3 atom stereocenters. The molecule has 0 aromatic heterocycles. The Hall–Kier alpha value is -1.31. The summed E-state index contributed by atoms with van der Waals surface area (Å²) < 4.78 is 5.14. The highest BCUT2D eigenvalue weighted by atomic mass is 16.5. The van der Waals surface area contributed by atoms with Crippen LogP contribution in [0.5, 0.6) is 0 Å². The van der Waals surface area contributed by atoms with Crippen molar-refractivity contribution in [1.82, 2.24) is 0 Å². The third-order valence-electron chi connectivity index (χ3n) is 5.92. The van der Waals surface area contributed by atoms with Gasteiger partial charge in [-0.25, -0.2) is 0 Å². The molecule has 0 saturated heterocycles. The molecule has 0 unspecified atom stereocenters. The van der Waals surface area contributed by atoms with Crippen LogP contribution in [0.3, 0.4) is 0 Å². The monoisotopic (exact) mass is 272 g/mol. The van der Waals surface area contributed by atoms with Gasteiger partial charge in [0, 0.05) is 0 Å². The van der Waals surface area contributed by atoms with Crippen LogP contribution < -0.4 is 0 Å². The molecule has 20 heavy (non-hydrogen) atoms. The Kier molecular flexibility index (Phi) is 3.15. The number of methoxy groups -OCH3 is 1. The molecule has 2 aliphatic rings. The van der Waals surface area contributed by atoms with E-state index in [0.29, 0.717) is 5.92 Å². The van der Waals surface area contributed by atoms with E-state index in [2.05, 4.69) is 38.1 Å². The van der Waals surface area contributed by atoms with Crippen LogP contribution in [-0.2, 0) is 21.4 Å². The Balaban J connectivity index is 2.08. The average Bonchev–Trinajstić information content (AvgIpc) is 2.46. The fraction of sp³-hybridized carbons (Fsp3) is 0.611. The van der Waals surface area contributed by atoms with Gasteiger partial charge >= 0.3 is 5.97 Å². The van der Waals surface area contributed by atoms with Crippen molar-refractivity contribution in [2.75, 3.05) is 7.11 Å². The van der Waals surface area contributed by atoms with Crippen LogP contribution in [0.1, 0.15) is 50.7 Å². The van der Waals surface area contributed by atoms with Crippen LogP contribution in [0, 0.1) is 11.3 Å². The molecule has 1 aromatic carbocycles. The SMILES string of the molecule is COC(=O)[C@@]1(C)CCC[C@]2(C)c3ccccc3CC[C@@H]12. The summed E-state index contributed by atoms with van der Waals surface area (Å²) in [6, 6.07) is 8.78. The van der Waals surface area contributed by atoms with Crippen LogP contribution in [0.25, 0.3) is 0 Å². The van der Waals surface area contributed by atoms with Gasteiger partial charge in [-0.15, -0.1) is 0 Å². The lowest BCUT2D eigenvalue weighted by Crippen LogP contribution is -2.52. The van der Waals surface area contributed by atoms with Gasteiger partial charge in [-0.1, -0.05) is 37.6 Å². The van der Waals surface area contributed by atoms with E-state index < -0.39 is 0 Å². The zero-order valence-corrected chi connectivity index (χ0v) is 12.7. The number of aryl methyl sites for hydroxylation is 1. The Labute approximate surface area is 121 Å². The zero-order chi connectivity index (χ0) is 14.4. The van der Waals surface area contributed by atoms with E-state index in [9.17, 15) is 4.79 Å². The van der Waals surface area contributed by atoms with Crippen molar-refractivity contribution in [2.24, 2.45) is 11.3 Å². The smallest absolute Gasteiger partial charge is 0.311 e. The first-order valence-corrected chi connectivity index (χ1v) is 7.69. The van der Waals surface area contributed by atoms with Gasteiger partial charge < -0.3 is 4.74 Å². The molecular formula is C18H24O2. The summed E-state index contributed by atoms with van der Waals surface area (Å²) in [5, 5.41) is 0. The standard InChI is InChI=1S/C18H24O2/c1-17-11-6-12-18(2,16(19)20-3)15(17)10-9-13-7-4-5-8-14(13)17/h4-5,7-8,15H,6,9-12H2,1-3H3/t15-,17-,18+/m1/s1. The quantitative estimate of drug-likeness (QED) is 0.725. The maximum Gasteiger partial charge on any atom is 0.311 e. The maximum absolute atomic E-state index is 12.4. The fourth-order valence-electron chi connectivity index (χ4n) is 4.91. The first kappa shape index (κ1) is 13.7. The molecule has 2 aliphatic carbocycles. The van der Waals surface area contributed by atoms with E-state index in [-0.39, 0.29) is 16.8 Å². The van der Waals surface area contributed by atoms with Crippen molar-refractivity contribution in [3.05, 3.63) is 35.4 Å². The largest absolute Gasteiger partial charge is 0.469 e. The second kappa shape index (κ2) is 4.61. The normalized spacial score (nSPS) is 35.9. The van der Waals surface area contributed by atoms with Crippen molar-refractivity contribution >= 4 is 5.97 Å². The van der Waals surface area contributed by atoms with E-state index in [4.69, 9.17) is 4.74 Å². The molecule has 1 fully saturated rings. The van der Waals surface area contributed by atoms with Gasteiger partial charge in [-0.2, -0.15) is 0 Å². The van der Waals surface area contributed by atoms with Crippen LogP contribution >= 0.6 is 0 Å². The summed E-state index contributed by atoms with van der Waals surface area (Å²) in [5.74, 6) is 0.374. The van der Waals surface area contributed by atoms with Gasteiger partial charge in [0.05, 0.1) is 12.5 Å². The Morgan fingerprint density at radius 3 is 2.75 bits per heavy atom. The van der Waals surface area contributed by atoms with Crippen molar-refractivity contribution in [2.45, 2.75) is 51.4 Å². The Morgan fingerprint density at radius 2 is 2.00 bits per heavy atom. The Morgan fingerprint density at radius 1 is 1.25 bits per heavy atom. The lowest BCUT2D eigenvalue weighted by molar-refractivity contribution is -0.161. The number of fused-ring (bicyclic) bond motifs is 3. The number of ether oxygens (including phenoxy) is 1. The zero-order valence-electron chi connectivity index (χ0n) is 12.7. The van der Waals surface area contributed by atoms with Gasteiger partial charge in [0.15, 0.2) is 0 Å². The average molecular weight is 272 g/mol. The second-order valence-electron chi connectivity index (χ2n) is 6.93. The highest BCUT2D eigenvalue weighted by Gasteiger charge is 2.55. The minimum absolute atomic E-state index is 0.0205. The minimum atomic E-state index is -0.324. The maximum atomic E-state index is 12.4. The molecule has 0 N–H and O–H groups in total. The number of hydrogen-bond donors (Lipinski definition) is 0. The topological polar surface area (TPSA) is 26.3 Å². The van der Waals surface area contributed by atoms with E-state index in [1.165, 1.54) is 24.7 Å². The van der Waals surface area contributed by atoms with Crippen molar-refractivity contribution in [3.8, 4) is 0 Å². The molecule has 0 radical (unpaired) electrons. The predicted molar refractivity (Wildman–Crippen MR) is 79.6 cm³/mol. The summed E-state index contributed by atoms with van der Waals surface area (Å²) in [5.41, 5.74) is 2.73. The first-order chi connectivity index (χ1) is 9.52. The molecule has 0 amide bonds. The molecule has 3 rings (SSSR count). The van der Waals surface area contributed by atoms with E-state index in [1.54, 1.807) is 0 Å². The second-order valence-corrected chi connectivity index (χ2v) is 6.93. The molecular weight excluding hydrogens is 248 g/mol. The summed E-state index contributed by atoms with van der Waals surface area (Å²) >= 11 is 0. The third-order valence-corrected chi connectivity index (χ3v) is 5.92. The van der Waals surface area contributed by atoms with Crippen molar-refractivity contribution in [1.29, 1.82) is 0 Å². The third kappa shape index (κ3) is 1.73. The summed E-state index contributed by atoms with van der Waals surface area (Å²) in [4.78, 5) is 12.4. The van der Waals surface area contributed by atoms with Crippen LogP contribution in [0.15, 0.2) is 24.3 Å². The van der Waals surface area contributed by atoms with Gasteiger partial charge in [0.1, 0.15) is 0 Å². The highest BCUT2D eigenvalue weighted by molar-refractivity contribution is 5.77. The minimum Gasteiger partial charge on any atom is -0.469 e. The van der Waals surface area contributed by atoms with Crippen molar-refractivity contribution < 1.29 is 9.53 Å². The van der Waals surface area contributed by atoms with Gasteiger partial charge in [0.2, 0.25) is 0 Å². The molecule has 108 valence electrons. The first-order valence-electron chi connectivity index (χ1n) is 7.69. The number of esters is 1. The number of benzene rings is 1. The molecule has 2 nitrogen and oxygen atoms in total. The molecule has 0 heterocycles. The highest BCUT2D eigenvalue weighted by Crippen LogP contribution is 2.57. The van der Waals surface area contributed by atoms with E-state index in [1.807, 2.05) is 0 Å². The van der Waals surface area contributed by atoms with E-state index >= 15 is 0 Å². The number of rotatable bonds is 1. The van der Waals surface area contributed by atoms with Crippen molar-refractivity contribution in [3.63, 3.8) is 0 Å². The predicted octanol–water partition coefficient (Wildman–Crippen LogP) is 3.87. The molecule has 0 spiro atoms. The summed E-state index contributed by atoms with van der Waals surface area (Å²) in [6.45, 7) is 4.48. The Bertz CT molecular complexity index is 536. The number of hydrogen-bond acceptors (Lipinski definition) is 2. The number of carbonyl (C=O) groups excluding carboxylic acids is 1. The number of carbonyl (C=O) groups is 1. The summed E-state index contributed by atoms with van der Waals surface area (Å²) in [7, 11) is 1.52. The molecule has 1 saturated carbocycles. The molecule has 1 aromatic rings. The molecule has 0 aliphatic heterocycles. The van der Waals surface area contributed by atoms with E-state index in [0.717, 1.165) is 25.7 Å². The van der Waals surface area contributed by atoms with Crippen LogP contribution in [0.4, 0.5) is 0 Å². The van der Waals surface area contributed by atoms with Crippen LogP contribution in [0.2, 0.25) is 0 Å². The molecule has 0 bridgehead atoms. The van der Waals surface area contributed by atoms with Gasteiger partial charge in [-0.05, 0) is 55.1 Å². The van der Waals surface area contributed by atoms with Gasteiger partial charge in [0.25, 0.3) is 0 Å². The lowest BCUT2D eigenvalue weighted by atomic mass is 9.50. The lowest BCUT2D eigenvalue weighted by Gasteiger charge is -2.54. The molecule has 2 heteroatoms. The van der Waals surface area contributed by atoms with Gasteiger partial charge in [-0.3, -0.25) is 4.79 Å². The fourth-order valence-corrected chi connectivity index (χ4v) is 4.91. The van der Waals surface area contributed by atoms with Crippen LogP contribution in [-0.4, -0.2) is 13.1 Å². The summed E-state index contributed by atoms with van der Waals surface area (Å²) in [6.07, 6.45) is 5.43.